The van der Waals surface area contributed by atoms with Crippen LogP contribution in [0.15, 0.2) is 47.3 Å². The van der Waals surface area contributed by atoms with E-state index in [-0.39, 0.29) is 5.41 Å². The van der Waals surface area contributed by atoms with Crippen LogP contribution in [-0.4, -0.2) is 28.2 Å². The molecule has 0 N–H and O–H groups in total. The summed E-state index contributed by atoms with van der Waals surface area (Å²) in [5, 5.41) is 5.34. The highest BCUT2D eigenvalue weighted by Gasteiger charge is 2.44. The predicted octanol–water partition coefficient (Wildman–Crippen LogP) is 8.18. The van der Waals surface area contributed by atoms with Gasteiger partial charge in [0, 0.05) is 47.9 Å². The summed E-state index contributed by atoms with van der Waals surface area (Å²) in [4.78, 5) is 11.2. The molecule has 3 aliphatic rings. The number of aryl methyl sites for hydroxylation is 3. The lowest BCUT2D eigenvalue weighted by Crippen LogP contribution is -2.42. The Morgan fingerprint density at radius 1 is 0.950 bits per heavy atom. The molecule has 1 saturated heterocycles. The van der Waals surface area contributed by atoms with E-state index in [0.29, 0.717) is 17.0 Å². The van der Waals surface area contributed by atoms with E-state index in [9.17, 15) is 13.2 Å². The number of allylic oxidation sites excluding steroid dienone is 2. The van der Waals surface area contributed by atoms with Gasteiger partial charge in [-0.1, -0.05) is 11.2 Å². The third kappa shape index (κ3) is 4.19. The molecule has 4 heterocycles. The van der Waals surface area contributed by atoms with Crippen molar-refractivity contribution < 1.29 is 17.7 Å². The van der Waals surface area contributed by atoms with E-state index in [1.54, 1.807) is 6.92 Å². The van der Waals surface area contributed by atoms with Crippen LogP contribution in [0.1, 0.15) is 71.6 Å². The van der Waals surface area contributed by atoms with Gasteiger partial charge in [0.1, 0.15) is 17.3 Å². The lowest BCUT2D eigenvalue weighted by atomic mass is 9.63. The molecular formula is C32H31F3N4O. The van der Waals surface area contributed by atoms with Crippen molar-refractivity contribution in [1.82, 2.24) is 15.1 Å². The molecule has 1 aliphatic heterocycles. The Morgan fingerprint density at radius 3 is 2.30 bits per heavy atom. The number of piperidine rings is 1. The number of hydrogen-bond acceptors (Lipinski definition) is 5. The molecule has 1 spiro atoms. The summed E-state index contributed by atoms with van der Waals surface area (Å²) in [6.07, 6.45) is 7.04. The lowest BCUT2D eigenvalue weighted by molar-refractivity contribution is -0.137. The number of pyridine rings is 2. The third-order valence-electron chi connectivity index (χ3n) is 8.98. The maximum atomic E-state index is 13.4. The molecule has 2 aliphatic carbocycles. The van der Waals surface area contributed by atoms with Crippen LogP contribution < -0.4 is 4.90 Å². The first-order valence-electron chi connectivity index (χ1n) is 14.0. The zero-order valence-corrected chi connectivity index (χ0v) is 22.9. The lowest BCUT2D eigenvalue weighted by Gasteiger charge is -2.46. The molecule has 1 saturated carbocycles. The number of hydrogen-bond donors (Lipinski definition) is 0. The molecular weight excluding hydrogens is 513 g/mol. The highest BCUT2D eigenvalue weighted by Crippen LogP contribution is 2.56. The van der Waals surface area contributed by atoms with Crippen molar-refractivity contribution >= 4 is 22.3 Å². The molecule has 7 rings (SSSR count). The molecule has 0 unspecified atom stereocenters. The van der Waals surface area contributed by atoms with Crippen molar-refractivity contribution in [3.63, 3.8) is 0 Å². The topological polar surface area (TPSA) is 55.1 Å². The zero-order chi connectivity index (χ0) is 27.8. The van der Waals surface area contributed by atoms with Crippen LogP contribution in [0.2, 0.25) is 0 Å². The number of nitrogens with zero attached hydrogens (tertiary/aromatic N) is 4. The molecule has 4 aromatic rings. The monoisotopic (exact) mass is 544 g/mol. The first-order chi connectivity index (χ1) is 19.1. The molecule has 0 radical (unpaired) electrons. The summed E-state index contributed by atoms with van der Waals surface area (Å²) in [5.41, 5.74) is 7.20. The number of halogens is 3. The van der Waals surface area contributed by atoms with Crippen LogP contribution >= 0.6 is 0 Å². The van der Waals surface area contributed by atoms with Crippen LogP contribution in [0.25, 0.3) is 27.7 Å². The zero-order valence-electron chi connectivity index (χ0n) is 22.9. The van der Waals surface area contributed by atoms with Gasteiger partial charge < -0.3 is 9.42 Å². The van der Waals surface area contributed by atoms with Crippen molar-refractivity contribution in [1.29, 1.82) is 0 Å². The van der Waals surface area contributed by atoms with Gasteiger partial charge in [0.05, 0.1) is 11.1 Å². The molecule has 8 heteroatoms. The van der Waals surface area contributed by atoms with Gasteiger partial charge in [0.2, 0.25) is 0 Å². The maximum absolute atomic E-state index is 13.4. The van der Waals surface area contributed by atoms with Crippen LogP contribution in [0.3, 0.4) is 0 Å². The fraction of sp³-hybridized carbons (Fsp3) is 0.406. The second kappa shape index (κ2) is 8.91. The highest BCUT2D eigenvalue weighted by atomic mass is 19.4. The van der Waals surface area contributed by atoms with Crippen LogP contribution in [0.5, 0.6) is 0 Å². The van der Waals surface area contributed by atoms with Crippen LogP contribution in [0.4, 0.5) is 19.0 Å². The molecule has 2 fully saturated rings. The van der Waals surface area contributed by atoms with E-state index in [1.165, 1.54) is 23.3 Å². The van der Waals surface area contributed by atoms with Crippen molar-refractivity contribution in [2.24, 2.45) is 5.41 Å². The Balaban J connectivity index is 1.14. The first kappa shape index (κ1) is 25.3. The Labute approximate surface area is 231 Å². The van der Waals surface area contributed by atoms with E-state index >= 15 is 0 Å². The van der Waals surface area contributed by atoms with Gasteiger partial charge in [-0.2, -0.15) is 13.2 Å². The number of alkyl halides is 3. The summed E-state index contributed by atoms with van der Waals surface area (Å²) in [5.74, 6) is 2.22. The minimum absolute atomic E-state index is 0.125. The third-order valence-corrected chi connectivity index (χ3v) is 8.98. The highest BCUT2D eigenvalue weighted by molar-refractivity contribution is 5.86. The van der Waals surface area contributed by atoms with Crippen molar-refractivity contribution in [2.75, 3.05) is 18.0 Å². The van der Waals surface area contributed by atoms with Crippen LogP contribution in [0, 0.1) is 26.2 Å². The molecule has 0 atom stereocenters. The summed E-state index contributed by atoms with van der Waals surface area (Å²) in [7, 11) is 0. The van der Waals surface area contributed by atoms with E-state index in [0.717, 1.165) is 84.5 Å². The number of benzene rings is 1. The average molecular weight is 545 g/mol. The molecule has 0 bridgehead atoms. The number of rotatable bonds is 4. The van der Waals surface area contributed by atoms with E-state index in [4.69, 9.17) is 4.52 Å². The van der Waals surface area contributed by atoms with Gasteiger partial charge in [-0.3, -0.25) is 4.98 Å². The predicted molar refractivity (Wildman–Crippen MR) is 149 cm³/mol. The Kier molecular flexibility index (Phi) is 5.64. The van der Waals surface area contributed by atoms with E-state index in [2.05, 4.69) is 39.9 Å². The largest absolute Gasteiger partial charge is 0.416 e. The summed E-state index contributed by atoms with van der Waals surface area (Å²) in [6, 6.07) is 6.20. The SMILES string of the molecule is Cc1cncc(C)c1-c1noc(C2CC2)c1C1=CC2(CCN(c3ccc4c(C)cc(C(F)(F)F)cc4n3)CC2)C1. The maximum Gasteiger partial charge on any atom is 0.416 e. The summed E-state index contributed by atoms with van der Waals surface area (Å²) >= 11 is 0. The van der Waals surface area contributed by atoms with Gasteiger partial charge in [0.25, 0.3) is 0 Å². The fourth-order valence-corrected chi connectivity index (χ4v) is 6.61. The average Bonchev–Trinajstić information content (AvgIpc) is 3.66. The van der Waals surface area contributed by atoms with Gasteiger partial charge in [-0.25, -0.2) is 4.98 Å². The number of anilines is 1. The summed E-state index contributed by atoms with van der Waals surface area (Å²) in [6.45, 7) is 7.48. The second-order valence-corrected chi connectivity index (χ2v) is 11.9. The standard InChI is InChI=1S/C32H31F3N4O/c1-18-12-23(32(33,34)35)13-25-24(18)6-7-26(37-25)39-10-8-31(9-11-39)14-22(15-31)28-29(38-40-30(28)21-4-5-21)27-19(2)16-36-17-20(27)3/h6-7,12-14,16-17,21H,4-5,8-11,15H2,1-3H3. The Morgan fingerprint density at radius 2 is 1.65 bits per heavy atom. The molecule has 5 nitrogen and oxygen atoms in total. The smallest absolute Gasteiger partial charge is 0.360 e. The molecule has 3 aromatic heterocycles. The molecule has 1 aromatic carbocycles. The quantitative estimate of drug-likeness (QED) is 0.259. The minimum Gasteiger partial charge on any atom is -0.360 e. The van der Waals surface area contributed by atoms with Gasteiger partial charge in [0.15, 0.2) is 0 Å². The first-order valence-corrected chi connectivity index (χ1v) is 14.0. The van der Waals surface area contributed by atoms with Crippen molar-refractivity contribution in [2.45, 2.75) is 65.0 Å². The number of fused-ring (bicyclic) bond motifs is 1. The molecule has 0 amide bonds. The van der Waals surface area contributed by atoms with Crippen molar-refractivity contribution in [3.8, 4) is 11.3 Å². The Hall–Kier alpha value is -3.68. The number of aromatic nitrogens is 3. The second-order valence-electron chi connectivity index (χ2n) is 11.9. The van der Waals surface area contributed by atoms with Crippen LogP contribution in [-0.2, 0) is 6.18 Å². The van der Waals surface area contributed by atoms with E-state index in [1.807, 2.05) is 24.5 Å². The minimum atomic E-state index is -4.39. The van der Waals surface area contributed by atoms with Crippen molar-refractivity contribution in [3.05, 3.63) is 76.3 Å². The van der Waals surface area contributed by atoms with E-state index < -0.39 is 11.7 Å². The van der Waals surface area contributed by atoms with Gasteiger partial charge in [-0.05, 0) is 105 Å². The van der Waals surface area contributed by atoms with Gasteiger partial charge >= 0.3 is 6.18 Å². The Bertz CT molecular complexity index is 1650. The fourth-order valence-electron chi connectivity index (χ4n) is 6.61. The normalized spacial score (nSPS) is 18.8. The summed E-state index contributed by atoms with van der Waals surface area (Å²) < 4.78 is 46.1. The molecule has 40 heavy (non-hydrogen) atoms. The van der Waals surface area contributed by atoms with Gasteiger partial charge in [-0.15, -0.1) is 0 Å². The molecule has 206 valence electrons.